The Labute approximate surface area is 153 Å². The van der Waals surface area contributed by atoms with Gasteiger partial charge in [0.2, 0.25) is 0 Å². The maximum atomic E-state index is 12.9. The van der Waals surface area contributed by atoms with Crippen LogP contribution in [-0.2, 0) is 12.7 Å². The number of alkyl halides is 3. The third-order valence-electron chi connectivity index (χ3n) is 3.94. The predicted molar refractivity (Wildman–Crippen MR) is 94.7 cm³/mol. The van der Waals surface area contributed by atoms with Crippen LogP contribution in [0.15, 0.2) is 46.9 Å². The second-order valence-corrected chi connectivity index (χ2v) is 6.33. The molecule has 2 aromatic carbocycles. The molecule has 27 heavy (non-hydrogen) atoms. The van der Waals surface area contributed by atoms with Crippen molar-refractivity contribution in [1.82, 2.24) is 4.90 Å². The fraction of sp³-hybridized carbons (Fsp3) is 0.211. The van der Waals surface area contributed by atoms with E-state index in [2.05, 4.69) is 5.32 Å². The predicted octanol–water partition coefficient (Wildman–Crippen LogP) is 4.47. The first kappa shape index (κ1) is 18.8. The smallest absolute Gasteiger partial charge is 0.420 e. The summed E-state index contributed by atoms with van der Waals surface area (Å²) in [4.78, 5) is 14.5. The van der Waals surface area contributed by atoms with Gasteiger partial charge in [-0.1, -0.05) is 18.2 Å². The minimum Gasteiger partial charge on any atom is -0.507 e. The summed E-state index contributed by atoms with van der Waals surface area (Å²) in [7, 11) is 3.66. The zero-order valence-electron chi connectivity index (χ0n) is 14.6. The lowest BCUT2D eigenvalue weighted by atomic mass is 10.1. The number of benzene rings is 2. The Morgan fingerprint density at radius 2 is 1.89 bits per heavy atom. The Kier molecular flexibility index (Phi) is 4.84. The average molecular weight is 378 g/mol. The highest BCUT2D eigenvalue weighted by molar-refractivity contribution is 6.06. The Hall–Kier alpha value is -3.00. The van der Waals surface area contributed by atoms with Gasteiger partial charge in [0.1, 0.15) is 11.3 Å². The Balaban J connectivity index is 1.97. The number of furan rings is 1. The van der Waals surface area contributed by atoms with E-state index in [-0.39, 0.29) is 11.4 Å². The number of nitrogens with one attached hydrogen (secondary N) is 1. The van der Waals surface area contributed by atoms with Gasteiger partial charge in [0.05, 0.1) is 5.56 Å². The first-order valence-corrected chi connectivity index (χ1v) is 8.03. The van der Waals surface area contributed by atoms with Gasteiger partial charge < -0.3 is 19.7 Å². The molecule has 8 heteroatoms. The highest BCUT2D eigenvalue weighted by Crippen LogP contribution is 2.37. The lowest BCUT2D eigenvalue weighted by Gasteiger charge is -2.12. The maximum absolute atomic E-state index is 12.9. The lowest BCUT2D eigenvalue weighted by molar-refractivity contribution is -0.138. The highest BCUT2D eigenvalue weighted by Gasteiger charge is 2.34. The van der Waals surface area contributed by atoms with E-state index in [0.717, 1.165) is 11.5 Å². The number of hydrogen-bond donors (Lipinski definition) is 2. The fourth-order valence-electron chi connectivity index (χ4n) is 2.78. The zero-order chi connectivity index (χ0) is 19.8. The number of carbonyl (C=O) groups is 1. The van der Waals surface area contributed by atoms with E-state index < -0.39 is 23.4 Å². The second-order valence-electron chi connectivity index (χ2n) is 6.33. The van der Waals surface area contributed by atoms with Crippen LogP contribution in [0.2, 0.25) is 0 Å². The summed E-state index contributed by atoms with van der Waals surface area (Å²) in [5.41, 5.74) is -0.163. The number of amides is 1. The van der Waals surface area contributed by atoms with Crippen molar-refractivity contribution >= 4 is 22.6 Å². The Bertz CT molecular complexity index is 994. The Morgan fingerprint density at radius 1 is 1.19 bits per heavy atom. The van der Waals surface area contributed by atoms with Gasteiger partial charge in [-0.3, -0.25) is 4.79 Å². The summed E-state index contributed by atoms with van der Waals surface area (Å²) in [5, 5.41) is 12.6. The summed E-state index contributed by atoms with van der Waals surface area (Å²) < 4.78 is 44.5. The molecule has 0 bridgehead atoms. The standard InChI is InChI=1S/C19H17F3N2O3/c1-24(2)10-13-12-5-3-4-6-16(12)27-17(13)18(26)23-11-7-8-15(25)14(9-11)19(20,21)22/h3-9,25H,10H2,1-2H3,(H,23,26). The summed E-state index contributed by atoms with van der Waals surface area (Å²) in [5.74, 6) is -1.54. The molecule has 0 aliphatic rings. The molecule has 5 nitrogen and oxygen atoms in total. The maximum Gasteiger partial charge on any atom is 0.420 e. The molecule has 0 fully saturated rings. The van der Waals surface area contributed by atoms with E-state index in [0.29, 0.717) is 23.8 Å². The lowest BCUT2D eigenvalue weighted by Crippen LogP contribution is -2.17. The van der Waals surface area contributed by atoms with Crippen LogP contribution in [0.25, 0.3) is 11.0 Å². The molecule has 1 heterocycles. The molecule has 3 rings (SSSR count). The number of phenolic OH excluding ortho intramolecular Hbond substituents is 1. The van der Waals surface area contributed by atoms with Gasteiger partial charge in [-0.05, 0) is 38.4 Å². The van der Waals surface area contributed by atoms with Crippen LogP contribution >= 0.6 is 0 Å². The van der Waals surface area contributed by atoms with Gasteiger partial charge in [-0.25, -0.2) is 0 Å². The number of phenols is 1. The van der Waals surface area contributed by atoms with Crippen LogP contribution in [0, 0.1) is 0 Å². The first-order chi connectivity index (χ1) is 12.7. The van der Waals surface area contributed by atoms with Crippen molar-refractivity contribution in [2.45, 2.75) is 12.7 Å². The molecule has 0 saturated carbocycles. The van der Waals surface area contributed by atoms with Crippen LogP contribution in [0.1, 0.15) is 21.7 Å². The number of anilines is 1. The number of para-hydroxylation sites is 1. The van der Waals surface area contributed by atoms with Crippen molar-refractivity contribution in [2.24, 2.45) is 0 Å². The molecule has 0 unspecified atom stereocenters. The number of aromatic hydroxyl groups is 1. The van der Waals surface area contributed by atoms with E-state index in [1.807, 2.05) is 31.1 Å². The molecule has 2 N–H and O–H groups in total. The van der Waals surface area contributed by atoms with Crippen molar-refractivity contribution < 1.29 is 27.5 Å². The quantitative estimate of drug-likeness (QED) is 0.658. The van der Waals surface area contributed by atoms with Crippen LogP contribution in [0.3, 0.4) is 0 Å². The SMILES string of the molecule is CN(C)Cc1c(C(=O)Nc2ccc(O)c(C(F)(F)F)c2)oc2ccccc12. The van der Waals surface area contributed by atoms with E-state index in [9.17, 15) is 23.1 Å². The van der Waals surface area contributed by atoms with Gasteiger partial charge in [0.25, 0.3) is 5.91 Å². The van der Waals surface area contributed by atoms with Gasteiger partial charge in [-0.2, -0.15) is 13.2 Å². The van der Waals surface area contributed by atoms with Crippen molar-refractivity contribution in [3.63, 3.8) is 0 Å². The first-order valence-electron chi connectivity index (χ1n) is 8.03. The molecule has 0 saturated heterocycles. The number of rotatable bonds is 4. The number of halogens is 3. The largest absolute Gasteiger partial charge is 0.507 e. The molecule has 3 aromatic rings. The molecule has 0 radical (unpaired) electrons. The van der Waals surface area contributed by atoms with Crippen LogP contribution in [-0.4, -0.2) is 30.0 Å². The molecule has 0 aliphatic carbocycles. The van der Waals surface area contributed by atoms with Gasteiger partial charge in [0, 0.05) is 23.2 Å². The van der Waals surface area contributed by atoms with Gasteiger partial charge in [-0.15, -0.1) is 0 Å². The minimum atomic E-state index is -4.74. The van der Waals surface area contributed by atoms with Crippen molar-refractivity contribution in [1.29, 1.82) is 0 Å². The van der Waals surface area contributed by atoms with Crippen LogP contribution in [0.4, 0.5) is 18.9 Å². The number of hydrogen-bond acceptors (Lipinski definition) is 4. The summed E-state index contributed by atoms with van der Waals surface area (Å²) >= 11 is 0. The highest BCUT2D eigenvalue weighted by atomic mass is 19.4. The van der Waals surface area contributed by atoms with Crippen molar-refractivity contribution in [2.75, 3.05) is 19.4 Å². The van der Waals surface area contributed by atoms with Crippen LogP contribution in [0.5, 0.6) is 5.75 Å². The topological polar surface area (TPSA) is 65.7 Å². The summed E-state index contributed by atoms with van der Waals surface area (Å²) in [6.07, 6.45) is -4.74. The number of carbonyl (C=O) groups excluding carboxylic acids is 1. The summed E-state index contributed by atoms with van der Waals surface area (Å²) in [6.45, 7) is 0.420. The molecular formula is C19H17F3N2O3. The summed E-state index contributed by atoms with van der Waals surface area (Å²) in [6, 6.07) is 9.87. The minimum absolute atomic E-state index is 0.0338. The normalized spacial score (nSPS) is 11.9. The second kappa shape index (κ2) is 6.96. The third-order valence-corrected chi connectivity index (χ3v) is 3.94. The van der Waals surface area contributed by atoms with E-state index >= 15 is 0 Å². The fourth-order valence-corrected chi connectivity index (χ4v) is 2.78. The molecule has 1 aromatic heterocycles. The molecule has 142 valence electrons. The average Bonchev–Trinajstić information content (AvgIpc) is 2.94. The molecular weight excluding hydrogens is 361 g/mol. The van der Waals surface area contributed by atoms with Gasteiger partial charge >= 0.3 is 6.18 Å². The molecule has 1 amide bonds. The van der Waals surface area contributed by atoms with E-state index in [4.69, 9.17) is 4.42 Å². The molecule has 0 atom stereocenters. The monoisotopic (exact) mass is 378 g/mol. The Morgan fingerprint density at radius 3 is 2.56 bits per heavy atom. The molecule has 0 aliphatic heterocycles. The number of fused-ring (bicyclic) bond motifs is 1. The van der Waals surface area contributed by atoms with E-state index in [1.165, 1.54) is 6.07 Å². The molecule has 0 spiro atoms. The van der Waals surface area contributed by atoms with Crippen molar-refractivity contribution in [3.05, 3.63) is 59.4 Å². The number of nitrogens with zero attached hydrogens (tertiary/aromatic N) is 1. The van der Waals surface area contributed by atoms with Crippen LogP contribution < -0.4 is 5.32 Å². The van der Waals surface area contributed by atoms with E-state index in [1.54, 1.807) is 12.1 Å². The van der Waals surface area contributed by atoms with Gasteiger partial charge in [0.15, 0.2) is 5.76 Å². The van der Waals surface area contributed by atoms with Crippen molar-refractivity contribution in [3.8, 4) is 5.75 Å². The third kappa shape index (κ3) is 3.90. The zero-order valence-corrected chi connectivity index (χ0v) is 14.6.